The van der Waals surface area contributed by atoms with Crippen molar-refractivity contribution in [2.24, 2.45) is 28.6 Å². The first-order valence-corrected chi connectivity index (χ1v) is 10.8. The molecule has 3 saturated carbocycles. The van der Waals surface area contributed by atoms with Crippen molar-refractivity contribution >= 4 is 17.5 Å². The number of Topliss-reactive ketones (excluding diaryl/α,β-unsaturated/α-hetero) is 1. The van der Waals surface area contributed by atoms with Gasteiger partial charge in [-0.2, -0.15) is 0 Å². The maximum absolute atomic E-state index is 13.0. The van der Waals surface area contributed by atoms with Crippen LogP contribution in [0.3, 0.4) is 0 Å². The zero-order valence-corrected chi connectivity index (χ0v) is 17.1. The van der Waals surface area contributed by atoms with Crippen molar-refractivity contribution in [1.29, 1.82) is 0 Å². The molecule has 0 unspecified atom stereocenters. The van der Waals surface area contributed by atoms with Gasteiger partial charge in [0.2, 0.25) is 5.78 Å². The third-order valence-corrected chi connectivity index (χ3v) is 9.21. The fourth-order valence-corrected chi connectivity index (χ4v) is 7.75. The van der Waals surface area contributed by atoms with Crippen LogP contribution in [-0.4, -0.2) is 35.8 Å². The Labute approximate surface area is 166 Å². The average Bonchev–Trinajstić information content (AvgIpc) is 3.32. The van der Waals surface area contributed by atoms with Gasteiger partial charge in [0.05, 0.1) is 6.10 Å². The van der Waals surface area contributed by atoms with Gasteiger partial charge in [-0.3, -0.25) is 14.4 Å². The summed E-state index contributed by atoms with van der Waals surface area (Å²) in [5, 5.41) is 0. The number of carbonyl (C=O) groups excluding carboxylic acids is 3. The molecule has 5 heteroatoms. The second kappa shape index (κ2) is 5.78. The number of hydrogen-bond acceptors (Lipinski definition) is 5. The van der Waals surface area contributed by atoms with Gasteiger partial charge >= 0.3 is 5.97 Å². The Morgan fingerprint density at radius 3 is 2.71 bits per heavy atom. The Balaban J connectivity index is 1.42. The summed E-state index contributed by atoms with van der Waals surface area (Å²) in [6.07, 6.45) is 8.68. The van der Waals surface area contributed by atoms with E-state index in [9.17, 15) is 14.4 Å². The standard InChI is InChI=1S/C23H30O5/c1-13(24)27-12-19(26)23-20(28-23)11-18-16-5-4-14-10-15(25)6-8-21(14,2)17(16)7-9-22(18,23)3/h10,16-18,20H,4-9,11-12H2,1-3H3/t16-,17+,18+,20-,21-,22+,23-/m0/s1. The first-order chi connectivity index (χ1) is 13.2. The summed E-state index contributed by atoms with van der Waals surface area (Å²) in [6, 6.07) is 0. The molecule has 0 spiro atoms. The summed E-state index contributed by atoms with van der Waals surface area (Å²) in [5.74, 6) is 1.47. The topological polar surface area (TPSA) is 73.0 Å². The summed E-state index contributed by atoms with van der Waals surface area (Å²) in [5.41, 5.74) is 0.602. The van der Waals surface area contributed by atoms with E-state index in [-0.39, 0.29) is 35.1 Å². The van der Waals surface area contributed by atoms with E-state index in [4.69, 9.17) is 9.47 Å². The van der Waals surface area contributed by atoms with Gasteiger partial charge in [0.1, 0.15) is 0 Å². The molecule has 28 heavy (non-hydrogen) atoms. The van der Waals surface area contributed by atoms with Crippen molar-refractivity contribution < 1.29 is 23.9 Å². The normalized spacial score (nSPS) is 48.5. The Hall–Kier alpha value is -1.49. The second-order valence-electron chi connectivity index (χ2n) is 10.2. The molecular formula is C23H30O5. The second-order valence-corrected chi connectivity index (χ2v) is 10.2. The van der Waals surface area contributed by atoms with Gasteiger partial charge in [-0.25, -0.2) is 0 Å². The highest BCUT2D eigenvalue weighted by Gasteiger charge is 2.80. The number of fused-ring (bicyclic) bond motifs is 7. The third kappa shape index (κ3) is 2.20. The minimum atomic E-state index is -0.738. The predicted molar refractivity (Wildman–Crippen MR) is 101 cm³/mol. The first-order valence-electron chi connectivity index (χ1n) is 10.8. The number of ketones is 2. The van der Waals surface area contributed by atoms with Crippen molar-refractivity contribution in [2.75, 3.05) is 6.61 Å². The fourth-order valence-electron chi connectivity index (χ4n) is 7.75. The van der Waals surface area contributed by atoms with Crippen LogP contribution in [0.25, 0.3) is 0 Å². The lowest BCUT2D eigenvalue weighted by atomic mass is 9.46. The number of carbonyl (C=O) groups is 3. The molecule has 152 valence electrons. The molecule has 5 rings (SSSR count). The molecule has 1 aliphatic heterocycles. The van der Waals surface area contributed by atoms with E-state index in [2.05, 4.69) is 13.8 Å². The Morgan fingerprint density at radius 2 is 1.96 bits per heavy atom. The average molecular weight is 386 g/mol. The molecular weight excluding hydrogens is 356 g/mol. The van der Waals surface area contributed by atoms with Gasteiger partial charge in [0, 0.05) is 18.8 Å². The highest BCUT2D eigenvalue weighted by atomic mass is 16.6. The van der Waals surface area contributed by atoms with E-state index in [1.54, 1.807) is 0 Å². The molecule has 0 amide bonds. The van der Waals surface area contributed by atoms with Crippen LogP contribution in [0.5, 0.6) is 0 Å². The first kappa shape index (κ1) is 18.5. The van der Waals surface area contributed by atoms with Crippen molar-refractivity contribution in [1.82, 2.24) is 0 Å². The van der Waals surface area contributed by atoms with Crippen LogP contribution >= 0.6 is 0 Å². The van der Waals surface area contributed by atoms with Crippen LogP contribution in [-0.2, 0) is 23.9 Å². The Morgan fingerprint density at radius 1 is 1.18 bits per heavy atom. The van der Waals surface area contributed by atoms with E-state index in [1.807, 2.05) is 6.08 Å². The van der Waals surface area contributed by atoms with Crippen LogP contribution in [0.2, 0.25) is 0 Å². The van der Waals surface area contributed by atoms with Crippen molar-refractivity contribution in [3.63, 3.8) is 0 Å². The van der Waals surface area contributed by atoms with Crippen LogP contribution in [0.15, 0.2) is 11.6 Å². The summed E-state index contributed by atoms with van der Waals surface area (Å²) in [7, 11) is 0. The molecule has 1 heterocycles. The monoisotopic (exact) mass is 386 g/mol. The van der Waals surface area contributed by atoms with Crippen molar-refractivity contribution in [3.05, 3.63) is 11.6 Å². The molecule has 5 aliphatic rings. The van der Waals surface area contributed by atoms with Crippen LogP contribution < -0.4 is 0 Å². The molecule has 7 atom stereocenters. The maximum Gasteiger partial charge on any atom is 0.303 e. The number of epoxide rings is 1. The maximum atomic E-state index is 13.0. The van der Waals surface area contributed by atoms with E-state index in [1.165, 1.54) is 12.5 Å². The van der Waals surface area contributed by atoms with Gasteiger partial charge in [0.15, 0.2) is 18.0 Å². The van der Waals surface area contributed by atoms with Crippen LogP contribution in [0.4, 0.5) is 0 Å². The van der Waals surface area contributed by atoms with E-state index >= 15 is 0 Å². The highest BCUT2D eigenvalue weighted by Crippen LogP contribution is 2.73. The van der Waals surface area contributed by atoms with Gasteiger partial charge in [-0.05, 0) is 67.8 Å². The number of rotatable bonds is 3. The van der Waals surface area contributed by atoms with Gasteiger partial charge < -0.3 is 9.47 Å². The van der Waals surface area contributed by atoms with Gasteiger partial charge in [-0.1, -0.05) is 19.4 Å². The molecule has 1 saturated heterocycles. The van der Waals surface area contributed by atoms with Crippen LogP contribution in [0.1, 0.15) is 65.7 Å². The number of hydrogen-bond donors (Lipinski definition) is 0. The van der Waals surface area contributed by atoms with Crippen molar-refractivity contribution in [3.8, 4) is 0 Å². The summed E-state index contributed by atoms with van der Waals surface area (Å²) >= 11 is 0. The highest BCUT2D eigenvalue weighted by molar-refractivity contribution is 5.94. The minimum absolute atomic E-state index is 0.0120. The summed E-state index contributed by atoms with van der Waals surface area (Å²) < 4.78 is 11.1. The van der Waals surface area contributed by atoms with Gasteiger partial charge in [-0.15, -0.1) is 0 Å². The molecule has 4 aliphatic carbocycles. The molecule has 5 nitrogen and oxygen atoms in total. The molecule has 0 aromatic carbocycles. The summed E-state index contributed by atoms with van der Waals surface area (Å²) in [4.78, 5) is 36.2. The fraction of sp³-hybridized carbons (Fsp3) is 0.783. The number of esters is 1. The lowest BCUT2D eigenvalue weighted by molar-refractivity contribution is -0.152. The lowest BCUT2D eigenvalue weighted by Crippen LogP contribution is -2.55. The molecule has 4 fully saturated rings. The zero-order valence-electron chi connectivity index (χ0n) is 17.1. The van der Waals surface area contributed by atoms with E-state index < -0.39 is 11.6 Å². The Bertz CT molecular complexity index is 799. The van der Waals surface area contributed by atoms with Gasteiger partial charge in [0.25, 0.3) is 0 Å². The quantitative estimate of drug-likeness (QED) is 0.549. The van der Waals surface area contributed by atoms with Crippen LogP contribution in [0, 0.1) is 28.6 Å². The Kier molecular flexibility index (Phi) is 3.82. The zero-order chi connectivity index (χ0) is 19.9. The third-order valence-electron chi connectivity index (χ3n) is 9.21. The van der Waals surface area contributed by atoms with E-state index in [0.717, 1.165) is 38.5 Å². The minimum Gasteiger partial charge on any atom is -0.458 e. The van der Waals surface area contributed by atoms with E-state index in [0.29, 0.717) is 24.2 Å². The lowest BCUT2D eigenvalue weighted by Gasteiger charge is -2.58. The predicted octanol–water partition coefficient (Wildman–Crippen LogP) is 3.40. The number of ether oxygens (including phenoxy) is 2. The summed E-state index contributed by atoms with van der Waals surface area (Å²) in [6.45, 7) is 5.78. The largest absolute Gasteiger partial charge is 0.458 e. The molecule has 0 aromatic rings. The molecule has 0 N–H and O–H groups in total. The molecule has 0 aromatic heterocycles. The number of allylic oxidation sites excluding steroid dienone is 1. The SMILES string of the molecule is CC(=O)OCC(=O)[C@]12O[C@H]1C[C@@H]1[C@H]3CCC4=CC(=O)CC[C@]4(C)[C@@H]3CC[C@]12C. The smallest absolute Gasteiger partial charge is 0.303 e. The molecule has 0 radical (unpaired) electrons. The van der Waals surface area contributed by atoms with Crippen molar-refractivity contribution in [2.45, 2.75) is 77.4 Å². The molecule has 0 bridgehead atoms.